The molecule has 0 saturated carbocycles. The molecule has 0 atom stereocenters. The molecule has 4 N–H and O–H groups in total. The van der Waals surface area contributed by atoms with Crippen LogP contribution < -0.4 is 5.32 Å². The van der Waals surface area contributed by atoms with E-state index >= 15 is 0 Å². The van der Waals surface area contributed by atoms with Crippen molar-refractivity contribution in [3.05, 3.63) is 89.5 Å². The van der Waals surface area contributed by atoms with Crippen LogP contribution in [0.3, 0.4) is 0 Å². The monoisotopic (exact) mass is 373 g/mol. The summed E-state index contributed by atoms with van der Waals surface area (Å²) in [5, 5.41) is 31.6. The maximum absolute atomic E-state index is 12.2. The van der Waals surface area contributed by atoms with Gasteiger partial charge in [-0.15, -0.1) is 0 Å². The minimum absolute atomic E-state index is 0.0227. The van der Waals surface area contributed by atoms with Crippen molar-refractivity contribution >= 4 is 29.8 Å². The molecule has 0 unspecified atom stereocenters. The Hall–Kier alpha value is -3.99. The third-order valence-electron chi connectivity index (χ3n) is 3.90. The number of carbonyl (C=O) groups is 1. The van der Waals surface area contributed by atoms with Crippen LogP contribution in [0.2, 0.25) is 0 Å². The minimum Gasteiger partial charge on any atom is -0.508 e. The molecule has 0 saturated heterocycles. The largest absolute Gasteiger partial charge is 0.508 e. The summed E-state index contributed by atoms with van der Waals surface area (Å²) in [6.07, 6.45) is 6.51. The lowest BCUT2D eigenvalue weighted by atomic mass is 10.1. The molecule has 0 bridgehead atoms. The molecule has 1 amide bonds. The molecule has 5 heteroatoms. The zero-order chi connectivity index (χ0) is 19.9. The second-order valence-corrected chi connectivity index (χ2v) is 6.12. The first kappa shape index (κ1) is 18.8. The van der Waals surface area contributed by atoms with Gasteiger partial charge in [0.2, 0.25) is 5.91 Å². The normalized spacial score (nSPS) is 11.1. The number of hydrogen-bond donors (Lipinski definition) is 4. The van der Waals surface area contributed by atoms with Gasteiger partial charge in [-0.05, 0) is 47.0 Å². The van der Waals surface area contributed by atoms with E-state index in [4.69, 9.17) is 0 Å². The maximum Gasteiger partial charge on any atom is 0.248 e. The summed E-state index contributed by atoms with van der Waals surface area (Å²) in [5.41, 5.74) is 2.58. The lowest BCUT2D eigenvalue weighted by Gasteiger charge is -2.08. The molecule has 0 heterocycles. The lowest BCUT2D eigenvalue weighted by Crippen LogP contribution is -2.08. The quantitative estimate of drug-likeness (QED) is 0.388. The van der Waals surface area contributed by atoms with Crippen LogP contribution in [0, 0.1) is 0 Å². The van der Waals surface area contributed by atoms with E-state index in [1.54, 1.807) is 24.3 Å². The van der Waals surface area contributed by atoms with E-state index in [2.05, 4.69) is 5.32 Å². The number of hydrogen-bond acceptors (Lipinski definition) is 4. The highest BCUT2D eigenvalue weighted by atomic mass is 16.3. The Balaban J connectivity index is 1.79. The van der Waals surface area contributed by atoms with Gasteiger partial charge in [0.05, 0.1) is 5.69 Å². The van der Waals surface area contributed by atoms with Crippen LogP contribution in [0.4, 0.5) is 5.69 Å². The van der Waals surface area contributed by atoms with Gasteiger partial charge in [-0.2, -0.15) is 0 Å². The third kappa shape index (κ3) is 5.25. The molecule has 0 aliphatic carbocycles. The molecule has 140 valence electrons. The molecule has 0 aromatic heterocycles. The van der Waals surface area contributed by atoms with Crippen molar-refractivity contribution in [2.24, 2.45) is 0 Å². The highest BCUT2D eigenvalue weighted by Gasteiger charge is 2.05. The maximum atomic E-state index is 12.2. The number of rotatable bonds is 5. The Morgan fingerprint density at radius 2 is 1.43 bits per heavy atom. The van der Waals surface area contributed by atoms with E-state index in [1.165, 1.54) is 36.4 Å². The van der Waals surface area contributed by atoms with Gasteiger partial charge in [0.15, 0.2) is 0 Å². The SMILES string of the molecule is O=C(/C=C/c1ccccc1)Nc1cc(O)ccc1/C=C/c1cc(O)cc(O)c1. The first-order valence-corrected chi connectivity index (χ1v) is 8.58. The molecule has 0 aliphatic rings. The van der Waals surface area contributed by atoms with E-state index in [9.17, 15) is 20.1 Å². The highest BCUT2D eigenvalue weighted by Crippen LogP contribution is 2.26. The number of phenolic OH excluding ortho intramolecular Hbond substituents is 3. The molecule has 28 heavy (non-hydrogen) atoms. The van der Waals surface area contributed by atoms with Crippen LogP contribution in [0.25, 0.3) is 18.2 Å². The van der Waals surface area contributed by atoms with E-state index in [-0.39, 0.29) is 23.2 Å². The van der Waals surface area contributed by atoms with E-state index < -0.39 is 0 Å². The molecule has 3 aromatic carbocycles. The third-order valence-corrected chi connectivity index (χ3v) is 3.90. The van der Waals surface area contributed by atoms with Crippen molar-refractivity contribution in [2.75, 3.05) is 5.32 Å². The molecular formula is C23H19NO4. The van der Waals surface area contributed by atoms with Crippen LogP contribution in [0.15, 0.2) is 72.8 Å². The Kier molecular flexibility index (Phi) is 5.77. The topological polar surface area (TPSA) is 89.8 Å². The second-order valence-electron chi connectivity index (χ2n) is 6.12. The smallest absolute Gasteiger partial charge is 0.248 e. The molecule has 5 nitrogen and oxygen atoms in total. The first-order chi connectivity index (χ1) is 13.5. The number of carbonyl (C=O) groups excluding carboxylic acids is 1. The number of aromatic hydroxyl groups is 3. The molecule has 3 aromatic rings. The standard InChI is InChI=1S/C23H19NO4/c25-19-10-9-18(8-6-17-12-20(26)14-21(27)13-17)22(15-19)24-23(28)11-7-16-4-2-1-3-5-16/h1-15,25-27H,(H,24,28)/b8-6+,11-7+. The van der Waals surface area contributed by atoms with Crippen molar-refractivity contribution in [3.63, 3.8) is 0 Å². The van der Waals surface area contributed by atoms with E-state index in [1.807, 2.05) is 30.3 Å². The van der Waals surface area contributed by atoms with Gasteiger partial charge < -0.3 is 20.6 Å². The summed E-state index contributed by atoms with van der Waals surface area (Å²) >= 11 is 0. The molecule has 0 fully saturated rings. The Morgan fingerprint density at radius 3 is 2.14 bits per heavy atom. The van der Waals surface area contributed by atoms with Gasteiger partial charge >= 0.3 is 0 Å². The summed E-state index contributed by atoms with van der Waals surface area (Å²) < 4.78 is 0. The zero-order valence-electron chi connectivity index (χ0n) is 14.9. The lowest BCUT2D eigenvalue weighted by molar-refractivity contribution is -0.111. The number of nitrogens with one attached hydrogen (secondary N) is 1. The molecule has 0 aliphatic heterocycles. The molecular weight excluding hydrogens is 354 g/mol. The number of amides is 1. The van der Waals surface area contributed by atoms with Crippen LogP contribution in [-0.4, -0.2) is 21.2 Å². The fraction of sp³-hybridized carbons (Fsp3) is 0. The van der Waals surface area contributed by atoms with Gasteiger partial charge in [0, 0.05) is 18.2 Å². The van der Waals surface area contributed by atoms with Crippen LogP contribution in [-0.2, 0) is 4.79 Å². The summed E-state index contributed by atoms with van der Waals surface area (Å²) in [6.45, 7) is 0. The van der Waals surface area contributed by atoms with Gasteiger partial charge in [0.1, 0.15) is 17.2 Å². The minimum atomic E-state index is -0.334. The van der Waals surface area contributed by atoms with Crippen molar-refractivity contribution in [1.29, 1.82) is 0 Å². The summed E-state index contributed by atoms with van der Waals surface area (Å²) in [7, 11) is 0. The Bertz CT molecular complexity index is 1020. The number of phenols is 3. The predicted molar refractivity (Wildman–Crippen MR) is 111 cm³/mol. The number of anilines is 1. The average Bonchev–Trinajstić information content (AvgIpc) is 2.66. The highest BCUT2D eigenvalue weighted by molar-refractivity contribution is 6.03. The second kappa shape index (κ2) is 8.60. The van der Waals surface area contributed by atoms with Crippen molar-refractivity contribution in [1.82, 2.24) is 0 Å². The molecule has 0 spiro atoms. The fourth-order valence-corrected chi connectivity index (χ4v) is 2.61. The van der Waals surface area contributed by atoms with Crippen LogP contribution in [0.5, 0.6) is 17.2 Å². The summed E-state index contributed by atoms with van der Waals surface area (Å²) in [6, 6.07) is 18.3. The summed E-state index contributed by atoms with van der Waals surface area (Å²) in [5.74, 6) is -0.413. The van der Waals surface area contributed by atoms with Gasteiger partial charge in [0.25, 0.3) is 0 Å². The van der Waals surface area contributed by atoms with Crippen LogP contribution in [0.1, 0.15) is 16.7 Å². The number of benzene rings is 3. The molecule has 3 rings (SSSR count). The van der Waals surface area contributed by atoms with Crippen molar-refractivity contribution in [2.45, 2.75) is 0 Å². The van der Waals surface area contributed by atoms with Gasteiger partial charge in [-0.25, -0.2) is 0 Å². The Morgan fingerprint density at radius 1 is 0.714 bits per heavy atom. The van der Waals surface area contributed by atoms with Gasteiger partial charge in [-0.3, -0.25) is 4.79 Å². The predicted octanol–water partition coefficient (Wildman–Crippen LogP) is 4.63. The van der Waals surface area contributed by atoms with E-state index in [0.29, 0.717) is 16.8 Å². The summed E-state index contributed by atoms with van der Waals surface area (Å²) in [4.78, 5) is 12.2. The Labute approximate surface area is 162 Å². The molecule has 0 radical (unpaired) electrons. The zero-order valence-corrected chi connectivity index (χ0v) is 14.9. The van der Waals surface area contributed by atoms with Crippen molar-refractivity contribution in [3.8, 4) is 17.2 Å². The van der Waals surface area contributed by atoms with Gasteiger partial charge in [-0.1, -0.05) is 42.5 Å². The van der Waals surface area contributed by atoms with E-state index in [0.717, 1.165) is 5.56 Å². The average molecular weight is 373 g/mol. The first-order valence-electron chi connectivity index (χ1n) is 8.58. The fourth-order valence-electron chi connectivity index (χ4n) is 2.61. The van der Waals surface area contributed by atoms with Crippen molar-refractivity contribution < 1.29 is 20.1 Å². The van der Waals surface area contributed by atoms with Crippen LogP contribution >= 0.6 is 0 Å².